The zero-order valence-electron chi connectivity index (χ0n) is 16.8. The molecule has 0 aliphatic heterocycles. The first-order chi connectivity index (χ1) is 12.8. The number of hydrogen-bond donors (Lipinski definition) is 0. The monoisotopic (exact) mass is 362 g/mol. The Morgan fingerprint density at radius 3 is 1.50 bits per heavy atom. The second-order valence-electron chi connectivity index (χ2n) is 7.16. The van der Waals surface area contributed by atoms with Gasteiger partial charge >= 0.3 is 37.7 Å². The fourth-order valence-corrected chi connectivity index (χ4v) is 8.54. The van der Waals surface area contributed by atoms with Crippen molar-refractivity contribution < 1.29 is 37.7 Å². The van der Waals surface area contributed by atoms with Crippen molar-refractivity contribution in [1.82, 2.24) is 0 Å². The summed E-state index contributed by atoms with van der Waals surface area (Å²) in [6.45, 7) is 2.51. The van der Waals surface area contributed by atoms with Gasteiger partial charge in [0.2, 0.25) is 0 Å². The normalized spacial score (nSPS) is 11.2. The average Bonchev–Trinajstić information content (AvgIpc) is 3.33. The first-order valence-corrected chi connectivity index (χ1v) is 11.6. The van der Waals surface area contributed by atoms with Gasteiger partial charge in [-0.2, -0.15) is 12.1 Å². The van der Waals surface area contributed by atoms with E-state index >= 15 is 0 Å². The topological polar surface area (TPSA) is 0 Å². The van der Waals surface area contributed by atoms with E-state index in [1.165, 1.54) is 37.1 Å². The largest absolute Gasteiger partial charge is 1.00 e. The van der Waals surface area contributed by atoms with Crippen LogP contribution in [0.2, 0.25) is 6.55 Å². The predicted molar refractivity (Wildman–Crippen MR) is 116 cm³/mol. The van der Waals surface area contributed by atoms with Crippen LogP contribution in [-0.4, -0.2) is 8.07 Å². The fraction of sp³-hybridized carbons (Fsp3) is 0.0400. The molecular formula is C25H20Li2Si. The molecule has 5 aromatic rings. The summed E-state index contributed by atoms with van der Waals surface area (Å²) in [5.74, 6) is 0. The quantitative estimate of drug-likeness (QED) is 0.272. The van der Waals surface area contributed by atoms with Gasteiger partial charge in [-0.1, -0.05) is 52.8 Å². The molecule has 0 bridgehead atoms. The molecule has 0 saturated carbocycles. The number of rotatable bonds is 3. The molecule has 0 atom stereocenters. The van der Waals surface area contributed by atoms with Crippen LogP contribution in [0.5, 0.6) is 0 Å². The number of benzene rings is 3. The van der Waals surface area contributed by atoms with E-state index in [-0.39, 0.29) is 37.7 Å². The third kappa shape index (κ3) is 3.19. The van der Waals surface area contributed by atoms with Gasteiger partial charge in [0.25, 0.3) is 0 Å². The van der Waals surface area contributed by atoms with Crippen LogP contribution >= 0.6 is 0 Å². The van der Waals surface area contributed by atoms with Gasteiger partial charge in [0.05, 0.1) is 8.07 Å². The van der Waals surface area contributed by atoms with Crippen LogP contribution in [0.4, 0.5) is 0 Å². The summed E-state index contributed by atoms with van der Waals surface area (Å²) in [7, 11) is -2.10. The van der Waals surface area contributed by atoms with Crippen molar-refractivity contribution in [1.29, 1.82) is 0 Å². The van der Waals surface area contributed by atoms with Crippen molar-refractivity contribution in [3.8, 4) is 0 Å². The first-order valence-electron chi connectivity index (χ1n) is 9.14. The Labute approximate surface area is 191 Å². The third-order valence-electron chi connectivity index (χ3n) is 5.79. The molecule has 0 aliphatic carbocycles. The fourth-order valence-electron chi connectivity index (χ4n) is 4.40. The van der Waals surface area contributed by atoms with Gasteiger partial charge < -0.3 is 0 Å². The van der Waals surface area contributed by atoms with Gasteiger partial charge in [-0.25, -0.2) is 0 Å². The molecule has 0 aliphatic rings. The zero-order chi connectivity index (χ0) is 17.6. The van der Waals surface area contributed by atoms with Crippen molar-refractivity contribution >= 4 is 45.2 Å². The zero-order valence-corrected chi connectivity index (χ0v) is 17.8. The van der Waals surface area contributed by atoms with E-state index in [2.05, 4.69) is 110 Å². The molecule has 126 valence electrons. The Morgan fingerprint density at radius 2 is 1.00 bits per heavy atom. The molecule has 0 amide bonds. The summed E-state index contributed by atoms with van der Waals surface area (Å²) in [4.78, 5) is 0. The Balaban J connectivity index is 0.00000112. The second-order valence-corrected chi connectivity index (χ2v) is 11.1. The summed E-state index contributed by atoms with van der Waals surface area (Å²) in [5.41, 5.74) is 0. The molecule has 0 heterocycles. The summed E-state index contributed by atoms with van der Waals surface area (Å²) < 4.78 is 0. The Hall–Kier alpha value is -1.71. The minimum Gasteiger partial charge on any atom is -0.150 e. The minimum absolute atomic E-state index is 0. The van der Waals surface area contributed by atoms with Gasteiger partial charge in [0.15, 0.2) is 0 Å². The first kappa shape index (κ1) is 21.0. The summed E-state index contributed by atoms with van der Waals surface area (Å²) >= 11 is 0. The molecule has 5 aromatic carbocycles. The van der Waals surface area contributed by atoms with E-state index in [0.717, 1.165) is 0 Å². The molecule has 0 nitrogen and oxygen atoms in total. The van der Waals surface area contributed by atoms with Crippen LogP contribution < -0.4 is 53.3 Å². The van der Waals surface area contributed by atoms with Gasteiger partial charge in [-0.3, -0.25) is 0 Å². The standard InChI is InChI=1S/C25H20Si.2Li/c1-26(21-11-3-2-4-12-21,24-17-15-19-9-5-7-13-22(19)24)25-18-16-20-10-6-8-14-23(20)25;;/h2-18H,1H3;;/q-2;2*+1. The van der Waals surface area contributed by atoms with Crippen molar-refractivity contribution in [2.24, 2.45) is 0 Å². The molecule has 3 heteroatoms. The Kier molecular flexibility index (Phi) is 6.26. The molecular weight excluding hydrogens is 342 g/mol. The van der Waals surface area contributed by atoms with E-state index in [0.29, 0.717) is 0 Å². The van der Waals surface area contributed by atoms with Gasteiger partial charge in [0, 0.05) is 0 Å². The summed E-state index contributed by atoms with van der Waals surface area (Å²) in [6, 6.07) is 38.0. The SMILES string of the molecule is C[Si](c1ccccc1)(c1cc[c-]2ccccc12)c1cc[c-]2ccccc12.[Li+].[Li+]. The molecule has 5 rings (SSSR count). The maximum atomic E-state index is 2.51. The predicted octanol–water partition coefficient (Wildman–Crippen LogP) is -1.46. The molecule has 0 radical (unpaired) electrons. The molecule has 28 heavy (non-hydrogen) atoms. The molecule has 0 N–H and O–H groups in total. The Morgan fingerprint density at radius 1 is 0.536 bits per heavy atom. The molecule has 0 fully saturated rings. The van der Waals surface area contributed by atoms with Crippen molar-refractivity contribution in [3.63, 3.8) is 0 Å². The summed E-state index contributed by atoms with van der Waals surface area (Å²) in [5, 5.41) is 9.96. The minimum atomic E-state index is -2.10. The van der Waals surface area contributed by atoms with Crippen molar-refractivity contribution in [3.05, 3.63) is 103 Å². The van der Waals surface area contributed by atoms with E-state index in [9.17, 15) is 0 Å². The third-order valence-corrected chi connectivity index (χ3v) is 10.3. The Bertz CT molecular complexity index is 1130. The van der Waals surface area contributed by atoms with Gasteiger partial charge in [-0.15, -0.1) is 81.8 Å². The number of fused-ring (bicyclic) bond motifs is 2. The van der Waals surface area contributed by atoms with E-state index < -0.39 is 8.07 Å². The average molecular weight is 362 g/mol. The molecule has 0 spiro atoms. The van der Waals surface area contributed by atoms with Gasteiger partial charge in [0.1, 0.15) is 0 Å². The van der Waals surface area contributed by atoms with Crippen LogP contribution in [0.25, 0.3) is 21.5 Å². The van der Waals surface area contributed by atoms with Crippen LogP contribution in [0.3, 0.4) is 0 Å². The van der Waals surface area contributed by atoms with E-state index in [1.54, 1.807) is 0 Å². The molecule has 0 saturated heterocycles. The molecule has 0 unspecified atom stereocenters. The maximum absolute atomic E-state index is 2.51. The van der Waals surface area contributed by atoms with Crippen molar-refractivity contribution in [2.75, 3.05) is 0 Å². The maximum Gasteiger partial charge on any atom is 1.00 e. The van der Waals surface area contributed by atoms with Crippen LogP contribution in [0.1, 0.15) is 0 Å². The van der Waals surface area contributed by atoms with E-state index in [4.69, 9.17) is 0 Å². The van der Waals surface area contributed by atoms with Crippen molar-refractivity contribution in [2.45, 2.75) is 6.55 Å². The number of hydrogen-bond acceptors (Lipinski definition) is 0. The van der Waals surface area contributed by atoms with E-state index in [1.807, 2.05) is 0 Å². The second kappa shape index (κ2) is 8.34. The van der Waals surface area contributed by atoms with Crippen LogP contribution in [-0.2, 0) is 0 Å². The van der Waals surface area contributed by atoms with Gasteiger partial charge in [-0.05, 0) is 0 Å². The van der Waals surface area contributed by atoms with Crippen LogP contribution in [0.15, 0.2) is 103 Å². The summed E-state index contributed by atoms with van der Waals surface area (Å²) in [6.07, 6.45) is 0. The van der Waals surface area contributed by atoms with Crippen LogP contribution in [0, 0.1) is 0 Å². The smallest absolute Gasteiger partial charge is 0.150 e. The molecule has 0 aromatic heterocycles.